The molecule has 4 nitrogen and oxygen atoms in total. The second-order valence-corrected chi connectivity index (χ2v) is 4.17. The van der Waals surface area contributed by atoms with Gasteiger partial charge in [0.1, 0.15) is 12.2 Å². The van der Waals surface area contributed by atoms with Crippen LogP contribution in [-0.4, -0.2) is 30.3 Å². The average Bonchev–Trinajstić information content (AvgIpc) is 2.37. The minimum atomic E-state index is -0.905. The molecule has 0 bridgehead atoms. The number of amides is 1. The smallest absolute Gasteiger partial charge is 0.256 e. The lowest BCUT2D eigenvalue weighted by Gasteiger charge is -2.22. The van der Waals surface area contributed by atoms with E-state index < -0.39 is 5.60 Å². The molecule has 0 unspecified atom stereocenters. The number of methoxy groups -OCH3 is 1. The zero-order valence-corrected chi connectivity index (χ0v) is 10.8. The van der Waals surface area contributed by atoms with E-state index in [1.165, 1.54) is 7.11 Å². The van der Waals surface area contributed by atoms with Gasteiger partial charge in [-0.1, -0.05) is 24.0 Å². The maximum Gasteiger partial charge on any atom is 0.256 e. The van der Waals surface area contributed by atoms with Gasteiger partial charge < -0.3 is 15.2 Å². The summed E-state index contributed by atoms with van der Waals surface area (Å²) >= 11 is 0. The SMILES string of the molecule is COC(C)(C)C(=O)Nc1ccccc1C#CCO. The highest BCUT2D eigenvalue weighted by molar-refractivity contribution is 5.97. The zero-order valence-electron chi connectivity index (χ0n) is 10.8. The summed E-state index contributed by atoms with van der Waals surface area (Å²) in [4.78, 5) is 12.0. The van der Waals surface area contributed by atoms with Crippen molar-refractivity contribution < 1.29 is 14.6 Å². The molecule has 0 aromatic heterocycles. The summed E-state index contributed by atoms with van der Waals surface area (Å²) in [6.45, 7) is 3.15. The highest BCUT2D eigenvalue weighted by atomic mass is 16.5. The van der Waals surface area contributed by atoms with E-state index >= 15 is 0 Å². The number of aliphatic hydroxyl groups is 1. The Hall–Kier alpha value is -1.83. The van der Waals surface area contributed by atoms with Crippen molar-refractivity contribution in [2.45, 2.75) is 19.4 Å². The lowest BCUT2D eigenvalue weighted by atomic mass is 10.1. The van der Waals surface area contributed by atoms with Crippen LogP contribution in [0.3, 0.4) is 0 Å². The molecule has 0 aliphatic rings. The molecule has 0 saturated heterocycles. The Kier molecular flexibility index (Phi) is 4.90. The first-order chi connectivity index (χ1) is 8.51. The van der Waals surface area contributed by atoms with E-state index in [0.29, 0.717) is 11.3 Å². The molecule has 0 spiro atoms. The highest BCUT2D eigenvalue weighted by Gasteiger charge is 2.27. The normalized spacial score (nSPS) is 10.4. The van der Waals surface area contributed by atoms with Gasteiger partial charge in [-0.15, -0.1) is 0 Å². The van der Waals surface area contributed by atoms with Crippen molar-refractivity contribution in [1.82, 2.24) is 0 Å². The van der Waals surface area contributed by atoms with Crippen LogP contribution in [0.5, 0.6) is 0 Å². The maximum absolute atomic E-state index is 12.0. The molecule has 1 rings (SSSR count). The topological polar surface area (TPSA) is 58.6 Å². The summed E-state index contributed by atoms with van der Waals surface area (Å²) in [6.07, 6.45) is 0. The molecular formula is C14H17NO3. The van der Waals surface area contributed by atoms with E-state index in [2.05, 4.69) is 17.2 Å². The van der Waals surface area contributed by atoms with Gasteiger partial charge in [-0.3, -0.25) is 4.79 Å². The number of anilines is 1. The second kappa shape index (κ2) is 6.20. The van der Waals surface area contributed by atoms with Crippen LogP contribution in [0.1, 0.15) is 19.4 Å². The fraction of sp³-hybridized carbons (Fsp3) is 0.357. The molecule has 1 aromatic rings. The fourth-order valence-corrected chi connectivity index (χ4v) is 1.20. The van der Waals surface area contributed by atoms with Crippen molar-refractivity contribution >= 4 is 11.6 Å². The van der Waals surface area contributed by atoms with Crippen molar-refractivity contribution in [2.75, 3.05) is 19.0 Å². The third-order valence-electron chi connectivity index (χ3n) is 2.53. The van der Waals surface area contributed by atoms with Gasteiger partial charge in [0, 0.05) is 12.7 Å². The molecule has 0 atom stereocenters. The molecule has 0 aliphatic heterocycles. The van der Waals surface area contributed by atoms with Crippen LogP contribution in [0.25, 0.3) is 0 Å². The van der Waals surface area contributed by atoms with Gasteiger partial charge in [0.15, 0.2) is 0 Å². The van der Waals surface area contributed by atoms with Gasteiger partial charge >= 0.3 is 0 Å². The Morgan fingerprint density at radius 3 is 2.72 bits per heavy atom. The van der Waals surface area contributed by atoms with Crippen molar-refractivity contribution in [3.05, 3.63) is 29.8 Å². The predicted molar refractivity (Wildman–Crippen MR) is 70.1 cm³/mol. The minimum Gasteiger partial charge on any atom is -0.384 e. The molecule has 1 amide bonds. The van der Waals surface area contributed by atoms with Crippen LogP contribution in [0.2, 0.25) is 0 Å². The van der Waals surface area contributed by atoms with Crippen LogP contribution < -0.4 is 5.32 Å². The summed E-state index contributed by atoms with van der Waals surface area (Å²) in [5.41, 5.74) is 0.359. The van der Waals surface area contributed by atoms with Crippen LogP contribution in [0.4, 0.5) is 5.69 Å². The van der Waals surface area contributed by atoms with Gasteiger partial charge in [0.2, 0.25) is 0 Å². The first kappa shape index (κ1) is 14.2. The number of nitrogens with one attached hydrogen (secondary N) is 1. The first-order valence-electron chi connectivity index (χ1n) is 5.56. The molecule has 0 radical (unpaired) electrons. The summed E-state index contributed by atoms with van der Waals surface area (Å²) in [6, 6.07) is 7.15. The Labute approximate surface area is 107 Å². The molecule has 18 heavy (non-hydrogen) atoms. The lowest BCUT2D eigenvalue weighted by molar-refractivity contribution is -0.133. The third kappa shape index (κ3) is 3.59. The number of hydrogen-bond acceptors (Lipinski definition) is 3. The van der Waals surface area contributed by atoms with E-state index in [4.69, 9.17) is 9.84 Å². The number of carbonyl (C=O) groups excluding carboxylic acids is 1. The standard InChI is InChI=1S/C14H17NO3/c1-14(2,18-3)13(17)15-12-9-5-4-7-11(12)8-6-10-16/h4-5,7,9,16H,10H2,1-3H3,(H,15,17). The van der Waals surface area contributed by atoms with E-state index in [0.717, 1.165) is 0 Å². The number of aliphatic hydroxyl groups excluding tert-OH is 1. The lowest BCUT2D eigenvalue weighted by Crippen LogP contribution is -2.38. The van der Waals surface area contributed by atoms with E-state index in [-0.39, 0.29) is 12.5 Å². The number of carbonyl (C=O) groups is 1. The largest absolute Gasteiger partial charge is 0.384 e. The summed E-state index contributed by atoms with van der Waals surface area (Å²) in [7, 11) is 1.48. The number of ether oxygens (including phenoxy) is 1. The maximum atomic E-state index is 12.0. The van der Waals surface area contributed by atoms with E-state index in [1.807, 2.05) is 6.07 Å². The zero-order chi connectivity index (χ0) is 13.6. The fourth-order valence-electron chi connectivity index (χ4n) is 1.20. The molecule has 0 heterocycles. The van der Waals surface area contributed by atoms with Crippen molar-refractivity contribution in [2.24, 2.45) is 0 Å². The molecule has 1 aromatic carbocycles. The third-order valence-corrected chi connectivity index (χ3v) is 2.53. The summed E-state index contributed by atoms with van der Waals surface area (Å²) < 4.78 is 5.10. The number of para-hydroxylation sites is 1. The second-order valence-electron chi connectivity index (χ2n) is 4.17. The van der Waals surface area contributed by atoms with Gasteiger partial charge in [0.25, 0.3) is 5.91 Å². The minimum absolute atomic E-state index is 0.216. The Bertz CT molecular complexity index is 483. The van der Waals surface area contributed by atoms with Gasteiger partial charge in [-0.2, -0.15) is 0 Å². The summed E-state index contributed by atoms with van der Waals surface area (Å²) in [5, 5.41) is 11.4. The Morgan fingerprint density at radius 1 is 1.44 bits per heavy atom. The van der Waals surface area contributed by atoms with Crippen molar-refractivity contribution in [3.63, 3.8) is 0 Å². The predicted octanol–water partition coefficient (Wildman–Crippen LogP) is 1.39. The Balaban J connectivity index is 2.95. The molecule has 0 aliphatic carbocycles. The van der Waals surface area contributed by atoms with E-state index in [1.54, 1.807) is 32.0 Å². The van der Waals surface area contributed by atoms with Gasteiger partial charge in [-0.05, 0) is 26.0 Å². The van der Waals surface area contributed by atoms with Crippen LogP contribution in [0, 0.1) is 11.8 Å². The highest BCUT2D eigenvalue weighted by Crippen LogP contribution is 2.17. The van der Waals surface area contributed by atoms with E-state index in [9.17, 15) is 4.79 Å². The molecular weight excluding hydrogens is 230 g/mol. The van der Waals surface area contributed by atoms with Crippen LogP contribution in [-0.2, 0) is 9.53 Å². The molecule has 0 saturated carbocycles. The monoisotopic (exact) mass is 247 g/mol. The number of rotatable bonds is 3. The van der Waals surface area contributed by atoms with Crippen molar-refractivity contribution in [3.8, 4) is 11.8 Å². The Morgan fingerprint density at radius 2 is 2.11 bits per heavy atom. The quantitative estimate of drug-likeness (QED) is 0.794. The molecule has 0 fully saturated rings. The molecule has 4 heteroatoms. The first-order valence-corrected chi connectivity index (χ1v) is 5.56. The van der Waals surface area contributed by atoms with Gasteiger partial charge in [0.05, 0.1) is 5.69 Å². The van der Waals surface area contributed by atoms with Crippen molar-refractivity contribution in [1.29, 1.82) is 0 Å². The van der Waals surface area contributed by atoms with Crippen LogP contribution in [0.15, 0.2) is 24.3 Å². The molecule has 96 valence electrons. The number of hydrogen-bond donors (Lipinski definition) is 2. The summed E-state index contributed by atoms with van der Waals surface area (Å²) in [5.74, 6) is 5.09. The average molecular weight is 247 g/mol. The number of benzene rings is 1. The van der Waals surface area contributed by atoms with Crippen LogP contribution >= 0.6 is 0 Å². The molecule has 2 N–H and O–H groups in total. The van der Waals surface area contributed by atoms with Gasteiger partial charge in [-0.25, -0.2) is 0 Å².